The van der Waals surface area contributed by atoms with E-state index in [1.165, 1.54) is 0 Å². The predicted molar refractivity (Wildman–Crippen MR) is 181 cm³/mol. The van der Waals surface area contributed by atoms with E-state index in [4.69, 9.17) is 31.2 Å². The van der Waals surface area contributed by atoms with Gasteiger partial charge in [-0.05, 0) is 77.2 Å². The summed E-state index contributed by atoms with van der Waals surface area (Å²) in [6.07, 6.45) is 0.400. The Morgan fingerprint density at radius 2 is 1.87 bits per heavy atom. The number of azide groups is 1. The number of nitrogens with zero attached hydrogens (tertiary/aromatic N) is 4. The van der Waals surface area contributed by atoms with Gasteiger partial charge in [0.1, 0.15) is 5.75 Å². The fourth-order valence-electron chi connectivity index (χ4n) is 5.17. The largest absolute Gasteiger partial charge is 0.494 e. The molecule has 236 valence electrons. The van der Waals surface area contributed by atoms with Crippen molar-refractivity contribution in [3.63, 3.8) is 0 Å². The van der Waals surface area contributed by atoms with Gasteiger partial charge in [0, 0.05) is 51.7 Å². The third kappa shape index (κ3) is 8.06. The Labute approximate surface area is 280 Å². The minimum atomic E-state index is -1.50. The van der Waals surface area contributed by atoms with Crippen molar-refractivity contribution < 1.29 is 19.4 Å². The molecule has 1 heterocycles. The van der Waals surface area contributed by atoms with Gasteiger partial charge in [0.2, 0.25) is 5.90 Å². The average molecular weight is 704 g/mol. The number of aliphatic hydroxyl groups excluding tert-OH is 1. The molecule has 4 aromatic rings. The number of amides is 1. The first-order valence-electron chi connectivity index (χ1n) is 14.7. The Kier molecular flexibility index (Phi) is 11.3. The maximum Gasteiger partial charge on any atom is 0.266 e. The van der Waals surface area contributed by atoms with Crippen LogP contribution < -0.4 is 15.6 Å². The monoisotopic (exact) mass is 702 g/mol. The lowest BCUT2D eigenvalue weighted by molar-refractivity contribution is -0.130. The summed E-state index contributed by atoms with van der Waals surface area (Å²) in [5.41, 5.74) is 17.1. The molecule has 0 saturated heterocycles. The van der Waals surface area contributed by atoms with Gasteiger partial charge in [-0.15, -0.1) is 0 Å². The van der Waals surface area contributed by atoms with Crippen molar-refractivity contribution in [3.05, 3.63) is 139 Å². The van der Waals surface area contributed by atoms with Crippen LogP contribution in [0.25, 0.3) is 10.4 Å². The molecular weight excluding hydrogens is 672 g/mol. The van der Waals surface area contributed by atoms with Crippen molar-refractivity contribution >= 4 is 45.0 Å². The van der Waals surface area contributed by atoms with Crippen LogP contribution >= 0.6 is 27.5 Å². The van der Waals surface area contributed by atoms with Crippen LogP contribution in [0, 0.1) is 0 Å². The van der Waals surface area contributed by atoms with Gasteiger partial charge in [0.25, 0.3) is 5.91 Å². The lowest BCUT2D eigenvalue weighted by Crippen LogP contribution is -2.54. The minimum absolute atomic E-state index is 0.0442. The van der Waals surface area contributed by atoms with Crippen molar-refractivity contribution in [2.75, 3.05) is 19.8 Å². The van der Waals surface area contributed by atoms with Gasteiger partial charge < -0.3 is 14.6 Å². The summed E-state index contributed by atoms with van der Waals surface area (Å²) in [6.45, 7) is 0.870. The molecular formula is C34H32BrClN6O4. The van der Waals surface area contributed by atoms with Crippen molar-refractivity contribution in [3.8, 4) is 5.75 Å². The van der Waals surface area contributed by atoms with Crippen molar-refractivity contribution in [2.24, 2.45) is 10.1 Å². The fourth-order valence-corrected chi connectivity index (χ4v) is 5.64. The molecule has 2 atom stereocenters. The Bertz CT molecular complexity index is 1730. The Balaban J connectivity index is 1.51. The molecule has 0 aliphatic carbocycles. The van der Waals surface area contributed by atoms with Crippen molar-refractivity contribution in [1.82, 2.24) is 10.9 Å². The highest BCUT2D eigenvalue weighted by Crippen LogP contribution is 2.44. The van der Waals surface area contributed by atoms with Gasteiger partial charge in [0.05, 0.1) is 6.61 Å². The second-order valence-electron chi connectivity index (χ2n) is 10.6. The Morgan fingerprint density at radius 1 is 1.09 bits per heavy atom. The second-order valence-corrected chi connectivity index (χ2v) is 11.9. The molecule has 0 fully saturated rings. The summed E-state index contributed by atoms with van der Waals surface area (Å²) in [5.74, 6) is 0.503. The molecule has 0 bridgehead atoms. The number of hydrogen-bond acceptors (Lipinski definition) is 7. The molecule has 0 spiro atoms. The van der Waals surface area contributed by atoms with Crippen LogP contribution in [0.1, 0.15) is 34.8 Å². The molecule has 0 saturated carbocycles. The maximum absolute atomic E-state index is 14.4. The van der Waals surface area contributed by atoms with Gasteiger partial charge in [-0.3, -0.25) is 10.2 Å². The smallest absolute Gasteiger partial charge is 0.266 e. The first-order chi connectivity index (χ1) is 22.4. The van der Waals surface area contributed by atoms with E-state index in [9.17, 15) is 10.3 Å². The molecule has 0 radical (unpaired) electrons. The van der Waals surface area contributed by atoms with Crippen LogP contribution in [0.2, 0.25) is 5.02 Å². The number of ether oxygens (including phenoxy) is 2. The van der Waals surface area contributed by atoms with Gasteiger partial charge >= 0.3 is 0 Å². The lowest BCUT2D eigenvalue weighted by atomic mass is 9.81. The molecule has 5 rings (SSSR count). The van der Waals surface area contributed by atoms with Crippen LogP contribution in [0.15, 0.2) is 112 Å². The van der Waals surface area contributed by atoms with Crippen molar-refractivity contribution in [1.29, 1.82) is 0 Å². The highest BCUT2D eigenvalue weighted by molar-refractivity contribution is 9.10. The number of carbonyl (C=O) groups is 1. The molecule has 4 aromatic carbocycles. The molecule has 0 unspecified atom stereocenters. The molecule has 1 amide bonds. The van der Waals surface area contributed by atoms with E-state index in [1.54, 1.807) is 24.3 Å². The summed E-state index contributed by atoms with van der Waals surface area (Å²) >= 11 is 9.64. The van der Waals surface area contributed by atoms with Gasteiger partial charge in [0.15, 0.2) is 11.6 Å². The first kappa shape index (κ1) is 33.0. The minimum Gasteiger partial charge on any atom is -0.494 e. The molecule has 46 heavy (non-hydrogen) atoms. The van der Waals surface area contributed by atoms with Gasteiger partial charge in [-0.2, -0.15) is 0 Å². The number of aliphatic imine (C=N–C) groups is 1. The van der Waals surface area contributed by atoms with Gasteiger partial charge in [-0.1, -0.05) is 81.2 Å². The zero-order valence-corrected chi connectivity index (χ0v) is 27.1. The molecule has 3 N–H and O–H groups in total. The van der Waals surface area contributed by atoms with Crippen LogP contribution in [-0.2, 0) is 22.4 Å². The molecule has 10 nitrogen and oxygen atoms in total. The highest BCUT2D eigenvalue weighted by Gasteiger charge is 2.53. The summed E-state index contributed by atoms with van der Waals surface area (Å²) in [6, 6.07) is 29.4. The number of aliphatic hydroxyl groups is 1. The summed E-state index contributed by atoms with van der Waals surface area (Å²) in [4.78, 5) is 22.4. The van der Waals surface area contributed by atoms with E-state index < -0.39 is 17.6 Å². The van der Waals surface area contributed by atoms with E-state index in [2.05, 4.69) is 36.8 Å². The molecule has 0 aromatic heterocycles. The molecule has 1 aliphatic rings. The predicted octanol–water partition coefficient (Wildman–Crippen LogP) is 7.17. The topological polar surface area (TPSA) is 141 Å². The van der Waals surface area contributed by atoms with E-state index in [1.807, 2.05) is 72.8 Å². The number of hydrazine groups is 1. The zero-order valence-electron chi connectivity index (χ0n) is 24.8. The highest BCUT2D eigenvalue weighted by atomic mass is 79.9. The normalized spacial score (nSPS) is 17.0. The van der Waals surface area contributed by atoms with Crippen LogP contribution in [0.3, 0.4) is 0 Å². The SMILES string of the molecule is [N-]=[N+]=Nc1ccccc1C[C@]1(C(=O)NNCCc2cccc(Cl)c2)N=C(c2ccc(OCCCO)cc2)O[C@H]1c1ccc(Br)cc1. The third-order valence-electron chi connectivity index (χ3n) is 7.44. The molecule has 1 aliphatic heterocycles. The van der Waals surface area contributed by atoms with E-state index in [-0.39, 0.29) is 18.9 Å². The number of hydrogen-bond donors (Lipinski definition) is 3. The van der Waals surface area contributed by atoms with E-state index >= 15 is 0 Å². The summed E-state index contributed by atoms with van der Waals surface area (Å²) in [7, 11) is 0. The quantitative estimate of drug-likeness (QED) is 0.0420. The third-order valence-corrected chi connectivity index (χ3v) is 8.20. The Hall–Kier alpha value is -4.38. The number of halogens is 2. The Morgan fingerprint density at radius 3 is 2.61 bits per heavy atom. The standard InChI is InChI=1S/C34H32BrClN6O4/c35-27-13-9-24(10-14-27)31-34(22-26-6-1-2-8-30(26)40-42-37,33(44)41-38-18-17-23-5-3-7-28(36)21-23)39-32(46-31)25-11-15-29(16-12-25)45-20-4-19-43/h1-3,5-16,21,31,38,43H,4,17-20,22H2,(H,41,44)/t31-,34-/m0/s1. The first-order valence-corrected chi connectivity index (χ1v) is 15.9. The zero-order chi connectivity index (χ0) is 32.4. The van der Waals surface area contributed by atoms with Crippen LogP contribution in [0.4, 0.5) is 5.69 Å². The van der Waals surface area contributed by atoms with Crippen LogP contribution in [0.5, 0.6) is 5.75 Å². The summed E-state index contributed by atoms with van der Waals surface area (Å²) in [5, 5.41) is 13.6. The maximum atomic E-state index is 14.4. The molecule has 12 heteroatoms. The fraction of sp³-hybridized carbons (Fsp3) is 0.235. The second kappa shape index (κ2) is 15.8. The number of nitrogens with one attached hydrogen (secondary N) is 2. The number of rotatable bonds is 14. The number of benzene rings is 4. The van der Waals surface area contributed by atoms with Crippen LogP contribution in [-0.4, -0.2) is 42.2 Å². The van der Waals surface area contributed by atoms with E-state index in [0.29, 0.717) is 53.6 Å². The van der Waals surface area contributed by atoms with Crippen molar-refractivity contribution in [2.45, 2.75) is 30.9 Å². The lowest BCUT2D eigenvalue weighted by Gasteiger charge is -2.31. The number of carbonyl (C=O) groups excluding carboxylic acids is 1. The summed E-state index contributed by atoms with van der Waals surface area (Å²) < 4.78 is 13.1. The van der Waals surface area contributed by atoms with Gasteiger partial charge in [-0.25, -0.2) is 10.4 Å². The van der Waals surface area contributed by atoms with E-state index in [0.717, 1.165) is 15.6 Å². The average Bonchev–Trinajstić information content (AvgIpc) is 3.45.